The summed E-state index contributed by atoms with van der Waals surface area (Å²) in [4.78, 5) is 84.2. The van der Waals surface area contributed by atoms with Crippen molar-refractivity contribution in [3.8, 4) is 6.07 Å². The monoisotopic (exact) mass is 825 g/mol. The number of benzene rings is 2. The van der Waals surface area contributed by atoms with Crippen LogP contribution in [0.2, 0.25) is 5.02 Å². The van der Waals surface area contributed by atoms with Crippen molar-refractivity contribution in [2.24, 2.45) is 5.92 Å². The van der Waals surface area contributed by atoms with Crippen LogP contribution in [0.4, 0.5) is 32.2 Å². The predicted molar refractivity (Wildman–Crippen MR) is 217 cm³/mol. The number of amides is 6. The number of carbonyl (C=O) groups excluding carboxylic acids is 5. The Hall–Kier alpha value is -5.86. The number of nitriles is 1. The summed E-state index contributed by atoms with van der Waals surface area (Å²) in [5.41, 5.74) is 2.10. The van der Waals surface area contributed by atoms with Crippen molar-refractivity contribution in [2.75, 3.05) is 78.9 Å². The molecule has 0 spiro atoms. The molecule has 5 aliphatic rings. The molecule has 0 radical (unpaired) electrons. The molecule has 0 saturated carbocycles. The highest BCUT2D eigenvalue weighted by Crippen LogP contribution is 2.34. The molecule has 6 heterocycles. The molecular formula is C41H45ClFN11O5. The molecule has 18 heteroatoms. The van der Waals surface area contributed by atoms with Gasteiger partial charge in [-0.3, -0.25) is 34.3 Å². The molecule has 2 N–H and O–H groups in total. The maximum atomic E-state index is 15.4. The Labute approximate surface area is 345 Å². The van der Waals surface area contributed by atoms with Gasteiger partial charge >= 0.3 is 6.03 Å². The average Bonchev–Trinajstić information content (AvgIpc) is 3.46. The molecule has 1 unspecified atom stereocenters. The van der Waals surface area contributed by atoms with Crippen molar-refractivity contribution in [1.29, 1.82) is 5.26 Å². The van der Waals surface area contributed by atoms with Gasteiger partial charge in [-0.25, -0.2) is 19.2 Å². The zero-order valence-electron chi connectivity index (χ0n) is 32.9. The van der Waals surface area contributed by atoms with Crippen molar-refractivity contribution in [3.63, 3.8) is 0 Å². The van der Waals surface area contributed by atoms with Crippen molar-refractivity contribution in [3.05, 3.63) is 70.3 Å². The van der Waals surface area contributed by atoms with E-state index in [0.717, 1.165) is 49.1 Å². The van der Waals surface area contributed by atoms with Gasteiger partial charge in [0.25, 0.3) is 11.8 Å². The minimum Gasteiger partial charge on any atom is -0.367 e. The van der Waals surface area contributed by atoms with Gasteiger partial charge in [-0.05, 0) is 69.4 Å². The molecule has 4 saturated heterocycles. The molecule has 8 rings (SSSR count). The number of aromatic nitrogens is 2. The Morgan fingerprint density at radius 1 is 0.915 bits per heavy atom. The number of nitrogens with zero attached hydrogens (tertiary/aromatic N) is 9. The third-order valence-electron chi connectivity index (χ3n) is 12.2. The zero-order chi connectivity index (χ0) is 41.5. The highest BCUT2D eigenvalue weighted by atomic mass is 35.5. The second-order valence-corrected chi connectivity index (χ2v) is 16.4. The molecule has 308 valence electrons. The number of nitrogens with one attached hydrogen (secondary N) is 2. The van der Waals surface area contributed by atoms with Crippen LogP contribution in [0.3, 0.4) is 0 Å². The van der Waals surface area contributed by atoms with Crippen LogP contribution in [0.15, 0.2) is 42.7 Å². The molecule has 2 aromatic carbocycles. The Morgan fingerprint density at radius 3 is 2.27 bits per heavy atom. The Morgan fingerprint density at radius 2 is 1.61 bits per heavy atom. The van der Waals surface area contributed by atoms with E-state index in [-0.39, 0.29) is 47.8 Å². The van der Waals surface area contributed by atoms with Crippen LogP contribution in [0.25, 0.3) is 0 Å². The van der Waals surface area contributed by atoms with E-state index in [0.29, 0.717) is 67.4 Å². The third kappa shape index (κ3) is 7.98. The topological polar surface area (TPSA) is 178 Å². The minimum absolute atomic E-state index is 0.0122. The molecular weight excluding hydrogens is 781 g/mol. The van der Waals surface area contributed by atoms with E-state index in [1.54, 1.807) is 24.5 Å². The number of piperazine rings is 2. The first-order valence-corrected chi connectivity index (χ1v) is 20.4. The second kappa shape index (κ2) is 16.4. The number of urea groups is 1. The van der Waals surface area contributed by atoms with E-state index in [4.69, 9.17) is 11.6 Å². The smallest absolute Gasteiger partial charge is 0.322 e. The lowest BCUT2D eigenvalue weighted by molar-refractivity contribution is -0.136. The molecule has 59 heavy (non-hydrogen) atoms. The van der Waals surface area contributed by atoms with Crippen LogP contribution in [-0.4, -0.2) is 131 Å². The van der Waals surface area contributed by atoms with Gasteiger partial charge < -0.3 is 24.9 Å². The Bertz CT molecular complexity index is 2220. The molecule has 4 fully saturated rings. The standard InChI is InChI=1S/C41H45ClFN11O5/c1-24-22-53(25(2)21-52(24)29-4-3-27(18-44)32(42)15-29)41(59)47-28-19-45-40(46-20-28)51-9-7-26(8-10-51)23-49-11-13-50(14-12-49)35-17-31-30(16-33(35)43)38(57)54(39(31)58)34-5-6-36(55)48-37(34)56/h3-4,15-17,19-20,24-26,34H,5-14,21-23H2,1-2H3,(H,47,59)(H,48,55,56)/t24-,25+,34?/m0/s1. The first kappa shape index (κ1) is 39.9. The lowest BCUT2D eigenvalue weighted by Crippen LogP contribution is -2.59. The van der Waals surface area contributed by atoms with Crippen molar-refractivity contribution in [1.82, 2.24) is 30.0 Å². The number of carbonyl (C=O) groups is 5. The molecule has 3 aromatic rings. The highest BCUT2D eigenvalue weighted by Gasteiger charge is 2.45. The number of hydrogen-bond acceptors (Lipinski definition) is 12. The van der Waals surface area contributed by atoms with E-state index < -0.39 is 35.5 Å². The first-order chi connectivity index (χ1) is 28.4. The molecule has 16 nitrogen and oxygen atoms in total. The summed E-state index contributed by atoms with van der Waals surface area (Å²) in [6.07, 6.45) is 5.24. The van der Waals surface area contributed by atoms with Crippen molar-refractivity contribution < 1.29 is 28.4 Å². The summed E-state index contributed by atoms with van der Waals surface area (Å²) >= 11 is 6.29. The number of anilines is 4. The van der Waals surface area contributed by atoms with Crippen molar-refractivity contribution in [2.45, 2.75) is 57.7 Å². The summed E-state index contributed by atoms with van der Waals surface area (Å²) in [6.45, 7) is 10.2. The van der Waals surface area contributed by atoms with Crippen molar-refractivity contribution >= 4 is 64.3 Å². The SMILES string of the molecule is C[C@@H]1CN(c2ccc(C#N)c(Cl)c2)[C@@H](C)CN1C(=O)Nc1cnc(N2CCC(CN3CCN(c4cc5c(cc4F)C(=O)N(C4CCC(=O)NC4=O)C5=O)CC3)CC2)nc1. The van der Waals surface area contributed by atoms with Gasteiger partial charge in [0.1, 0.15) is 17.9 Å². The highest BCUT2D eigenvalue weighted by molar-refractivity contribution is 6.32. The fourth-order valence-corrected chi connectivity index (χ4v) is 9.08. The summed E-state index contributed by atoms with van der Waals surface area (Å²) in [6, 6.07) is 8.62. The summed E-state index contributed by atoms with van der Waals surface area (Å²) in [5.74, 6) is -2.06. The van der Waals surface area contributed by atoms with Gasteiger partial charge in [0.05, 0.1) is 45.5 Å². The maximum absolute atomic E-state index is 15.4. The molecule has 3 atom stereocenters. The van der Waals surface area contributed by atoms with E-state index >= 15 is 4.39 Å². The number of hydrogen-bond donors (Lipinski definition) is 2. The summed E-state index contributed by atoms with van der Waals surface area (Å²) in [7, 11) is 0. The van der Waals surface area contributed by atoms with Gasteiger partial charge in [-0.15, -0.1) is 0 Å². The van der Waals surface area contributed by atoms with Crippen LogP contribution < -0.4 is 25.3 Å². The van der Waals surface area contributed by atoms with Gasteiger partial charge in [0.15, 0.2) is 0 Å². The maximum Gasteiger partial charge on any atom is 0.322 e. The number of halogens is 2. The quantitative estimate of drug-likeness (QED) is 0.331. The van der Waals surface area contributed by atoms with Crippen LogP contribution in [0, 0.1) is 23.1 Å². The normalized spacial score (nSPS) is 23.0. The van der Waals surface area contributed by atoms with Gasteiger partial charge in [0, 0.05) is 83.1 Å². The molecule has 1 aromatic heterocycles. The number of rotatable bonds is 7. The van der Waals surface area contributed by atoms with E-state index in [1.165, 1.54) is 6.07 Å². The number of piperidine rings is 2. The Balaban J connectivity index is 0.788. The fraction of sp³-hybridized carbons (Fsp3) is 0.463. The molecule has 6 amide bonds. The van der Waals surface area contributed by atoms with Crippen LogP contribution in [0.1, 0.15) is 65.8 Å². The third-order valence-corrected chi connectivity index (χ3v) is 12.5. The lowest BCUT2D eigenvalue weighted by Gasteiger charge is -2.45. The lowest BCUT2D eigenvalue weighted by atomic mass is 9.96. The predicted octanol–water partition coefficient (Wildman–Crippen LogP) is 3.71. The molecule has 5 aliphatic heterocycles. The summed E-state index contributed by atoms with van der Waals surface area (Å²) < 4.78 is 15.4. The van der Waals surface area contributed by atoms with Gasteiger partial charge in [-0.1, -0.05) is 11.6 Å². The second-order valence-electron chi connectivity index (χ2n) is 16.0. The Kier molecular flexibility index (Phi) is 11.1. The minimum atomic E-state index is -1.11. The van der Waals surface area contributed by atoms with E-state index in [9.17, 15) is 29.2 Å². The number of fused-ring (bicyclic) bond motifs is 1. The fourth-order valence-electron chi connectivity index (χ4n) is 8.86. The van der Waals surface area contributed by atoms with Crippen LogP contribution in [0.5, 0.6) is 0 Å². The average molecular weight is 826 g/mol. The summed E-state index contributed by atoms with van der Waals surface area (Å²) in [5, 5.41) is 14.8. The van der Waals surface area contributed by atoms with Gasteiger partial charge in [-0.2, -0.15) is 5.26 Å². The van der Waals surface area contributed by atoms with Crippen LogP contribution in [-0.2, 0) is 9.59 Å². The largest absolute Gasteiger partial charge is 0.367 e. The van der Waals surface area contributed by atoms with E-state index in [1.807, 2.05) is 22.8 Å². The molecule has 0 aliphatic carbocycles. The van der Waals surface area contributed by atoms with Crippen LogP contribution >= 0.6 is 11.6 Å². The van der Waals surface area contributed by atoms with E-state index in [2.05, 4.69) is 48.3 Å². The number of imide groups is 2. The van der Waals surface area contributed by atoms with Gasteiger partial charge in [0.2, 0.25) is 17.8 Å². The first-order valence-electron chi connectivity index (χ1n) is 20.0. The molecule has 0 bridgehead atoms. The zero-order valence-corrected chi connectivity index (χ0v) is 33.6.